The molecule has 92 valence electrons. The van der Waals surface area contributed by atoms with Crippen LogP contribution in [0.4, 0.5) is 5.00 Å². The van der Waals surface area contributed by atoms with Gasteiger partial charge in [0.2, 0.25) is 0 Å². The molecule has 17 heavy (non-hydrogen) atoms. The van der Waals surface area contributed by atoms with Crippen molar-refractivity contribution in [2.45, 2.75) is 39.7 Å². The van der Waals surface area contributed by atoms with Gasteiger partial charge in [0, 0.05) is 23.7 Å². The predicted molar refractivity (Wildman–Crippen MR) is 72.2 cm³/mol. The van der Waals surface area contributed by atoms with E-state index in [4.69, 9.17) is 5.73 Å². The molecule has 0 saturated carbocycles. The fourth-order valence-corrected chi connectivity index (χ4v) is 2.40. The standard InChI is InChI=1S/C12H18N4S/c1-7(2)12-15-10(11(13)17-12)9-5-14-16(6-9)8(3)4/h5-8H,13H2,1-4H3. The molecule has 0 saturated heterocycles. The van der Waals surface area contributed by atoms with E-state index >= 15 is 0 Å². The third kappa shape index (κ3) is 2.34. The Labute approximate surface area is 105 Å². The number of nitrogen functional groups attached to an aromatic ring is 1. The Morgan fingerprint density at radius 2 is 2.00 bits per heavy atom. The van der Waals surface area contributed by atoms with Crippen molar-refractivity contribution in [3.8, 4) is 11.3 Å². The van der Waals surface area contributed by atoms with E-state index in [-0.39, 0.29) is 0 Å². The average molecular weight is 250 g/mol. The average Bonchev–Trinajstić information content (AvgIpc) is 2.83. The van der Waals surface area contributed by atoms with Gasteiger partial charge < -0.3 is 5.73 Å². The second kappa shape index (κ2) is 4.49. The van der Waals surface area contributed by atoms with Gasteiger partial charge in [-0.15, -0.1) is 11.3 Å². The molecule has 0 amide bonds. The van der Waals surface area contributed by atoms with Crippen molar-refractivity contribution in [1.82, 2.24) is 14.8 Å². The quantitative estimate of drug-likeness (QED) is 0.909. The zero-order valence-electron chi connectivity index (χ0n) is 10.6. The Morgan fingerprint density at radius 3 is 2.47 bits per heavy atom. The molecule has 0 bridgehead atoms. The van der Waals surface area contributed by atoms with Crippen LogP contribution in [0.2, 0.25) is 0 Å². The van der Waals surface area contributed by atoms with E-state index in [2.05, 4.69) is 37.8 Å². The number of anilines is 1. The molecule has 0 aliphatic rings. The highest BCUT2D eigenvalue weighted by Gasteiger charge is 2.14. The molecule has 0 unspecified atom stereocenters. The third-order valence-corrected chi connectivity index (χ3v) is 3.75. The molecule has 0 aromatic carbocycles. The Hall–Kier alpha value is -1.36. The number of hydrogen-bond donors (Lipinski definition) is 1. The van der Waals surface area contributed by atoms with Crippen molar-refractivity contribution in [1.29, 1.82) is 0 Å². The highest BCUT2D eigenvalue weighted by atomic mass is 32.1. The molecule has 0 fully saturated rings. The Morgan fingerprint density at radius 1 is 1.29 bits per heavy atom. The predicted octanol–water partition coefficient (Wildman–Crippen LogP) is 3.29. The van der Waals surface area contributed by atoms with Gasteiger partial charge in [-0.2, -0.15) is 5.10 Å². The summed E-state index contributed by atoms with van der Waals surface area (Å²) in [6, 6.07) is 0.355. The molecule has 0 atom stereocenters. The maximum absolute atomic E-state index is 6.02. The summed E-state index contributed by atoms with van der Waals surface area (Å²) in [6.45, 7) is 8.45. The second-order valence-corrected chi connectivity index (χ2v) is 5.78. The fourth-order valence-electron chi connectivity index (χ4n) is 1.55. The maximum Gasteiger partial charge on any atom is 0.114 e. The molecular weight excluding hydrogens is 232 g/mol. The third-order valence-electron chi connectivity index (χ3n) is 2.57. The molecule has 5 heteroatoms. The molecular formula is C12H18N4S. The smallest absolute Gasteiger partial charge is 0.114 e. The first kappa shape index (κ1) is 12.1. The van der Waals surface area contributed by atoms with Gasteiger partial charge in [-0.25, -0.2) is 4.98 Å². The van der Waals surface area contributed by atoms with Crippen LogP contribution in [0.3, 0.4) is 0 Å². The Bertz CT molecular complexity index is 510. The van der Waals surface area contributed by atoms with E-state index in [1.165, 1.54) is 0 Å². The van der Waals surface area contributed by atoms with Crippen LogP contribution < -0.4 is 5.73 Å². The summed E-state index contributed by atoms with van der Waals surface area (Å²) in [5, 5.41) is 6.17. The lowest BCUT2D eigenvalue weighted by atomic mass is 10.2. The van der Waals surface area contributed by atoms with Crippen LogP contribution in [-0.2, 0) is 0 Å². The first-order valence-electron chi connectivity index (χ1n) is 5.79. The van der Waals surface area contributed by atoms with Crippen LogP contribution in [-0.4, -0.2) is 14.8 Å². The molecule has 0 aliphatic heterocycles. The van der Waals surface area contributed by atoms with Crippen LogP contribution >= 0.6 is 11.3 Å². The van der Waals surface area contributed by atoms with Crippen molar-refractivity contribution in [3.63, 3.8) is 0 Å². The molecule has 4 nitrogen and oxygen atoms in total. The van der Waals surface area contributed by atoms with Crippen LogP contribution in [0.1, 0.15) is 44.7 Å². The first-order valence-corrected chi connectivity index (χ1v) is 6.61. The Kier molecular flexibility index (Phi) is 3.19. The van der Waals surface area contributed by atoms with Gasteiger partial charge in [-0.3, -0.25) is 4.68 Å². The maximum atomic E-state index is 6.02. The minimum Gasteiger partial charge on any atom is -0.389 e. The van der Waals surface area contributed by atoms with Gasteiger partial charge in [0.1, 0.15) is 10.7 Å². The van der Waals surface area contributed by atoms with Gasteiger partial charge in [0.15, 0.2) is 0 Å². The number of rotatable bonds is 3. The van der Waals surface area contributed by atoms with Gasteiger partial charge >= 0.3 is 0 Å². The SMILES string of the molecule is CC(C)c1nc(-c2cnn(C(C)C)c2)c(N)s1. The molecule has 2 N–H and O–H groups in total. The van der Waals surface area contributed by atoms with Crippen LogP contribution in [0, 0.1) is 0 Å². The van der Waals surface area contributed by atoms with E-state index in [1.54, 1.807) is 11.3 Å². The summed E-state index contributed by atoms with van der Waals surface area (Å²) >= 11 is 1.56. The number of thiazole rings is 1. The summed E-state index contributed by atoms with van der Waals surface area (Å²) in [7, 11) is 0. The van der Waals surface area contributed by atoms with Crippen LogP contribution in [0.5, 0.6) is 0 Å². The zero-order valence-corrected chi connectivity index (χ0v) is 11.5. The van der Waals surface area contributed by atoms with Crippen molar-refractivity contribution in [2.75, 3.05) is 5.73 Å². The zero-order chi connectivity index (χ0) is 12.6. The lowest BCUT2D eigenvalue weighted by Crippen LogP contribution is -1.99. The second-order valence-electron chi connectivity index (χ2n) is 4.72. The van der Waals surface area contributed by atoms with E-state index in [1.807, 2.05) is 17.1 Å². The van der Waals surface area contributed by atoms with Gasteiger partial charge in [0.25, 0.3) is 0 Å². The molecule has 0 aliphatic carbocycles. The van der Waals surface area contributed by atoms with Crippen molar-refractivity contribution in [2.24, 2.45) is 0 Å². The van der Waals surface area contributed by atoms with Crippen molar-refractivity contribution >= 4 is 16.3 Å². The van der Waals surface area contributed by atoms with E-state index in [0.29, 0.717) is 12.0 Å². The van der Waals surface area contributed by atoms with E-state index in [9.17, 15) is 0 Å². The minimum atomic E-state index is 0.355. The highest BCUT2D eigenvalue weighted by molar-refractivity contribution is 7.16. The van der Waals surface area contributed by atoms with Crippen LogP contribution in [0.25, 0.3) is 11.3 Å². The van der Waals surface area contributed by atoms with E-state index < -0.39 is 0 Å². The highest BCUT2D eigenvalue weighted by Crippen LogP contribution is 2.33. The van der Waals surface area contributed by atoms with Gasteiger partial charge in [0.05, 0.1) is 11.2 Å². The summed E-state index contributed by atoms with van der Waals surface area (Å²) < 4.78 is 1.92. The minimum absolute atomic E-state index is 0.355. The lowest BCUT2D eigenvalue weighted by molar-refractivity contribution is 0.532. The summed E-state index contributed by atoms with van der Waals surface area (Å²) in [5.74, 6) is 0.413. The molecule has 0 spiro atoms. The van der Waals surface area contributed by atoms with E-state index in [0.717, 1.165) is 21.3 Å². The largest absolute Gasteiger partial charge is 0.389 e. The molecule has 2 aromatic rings. The van der Waals surface area contributed by atoms with Crippen molar-refractivity contribution < 1.29 is 0 Å². The van der Waals surface area contributed by atoms with Crippen molar-refractivity contribution in [3.05, 3.63) is 17.4 Å². The molecule has 2 aromatic heterocycles. The molecule has 2 heterocycles. The number of nitrogens with two attached hydrogens (primary N) is 1. The molecule has 2 rings (SSSR count). The van der Waals surface area contributed by atoms with Gasteiger partial charge in [-0.1, -0.05) is 13.8 Å². The fraction of sp³-hybridized carbons (Fsp3) is 0.500. The molecule has 0 radical (unpaired) electrons. The summed E-state index contributed by atoms with van der Waals surface area (Å²) in [6.07, 6.45) is 3.83. The van der Waals surface area contributed by atoms with Crippen LogP contribution in [0.15, 0.2) is 12.4 Å². The monoisotopic (exact) mass is 250 g/mol. The Balaban J connectivity index is 2.38. The van der Waals surface area contributed by atoms with Gasteiger partial charge in [-0.05, 0) is 13.8 Å². The topological polar surface area (TPSA) is 56.7 Å². The summed E-state index contributed by atoms with van der Waals surface area (Å²) in [4.78, 5) is 4.59. The number of nitrogens with zero attached hydrogens (tertiary/aromatic N) is 3. The lowest BCUT2D eigenvalue weighted by Gasteiger charge is -2.02. The first-order chi connectivity index (χ1) is 7.99. The number of hydrogen-bond acceptors (Lipinski definition) is 4. The number of aromatic nitrogens is 3. The normalized spacial score (nSPS) is 11.6. The summed E-state index contributed by atoms with van der Waals surface area (Å²) in [5.41, 5.74) is 7.88.